The molecule has 0 fully saturated rings. The number of hydrogen-bond acceptors (Lipinski definition) is 3. The molecule has 1 amide bonds. The van der Waals surface area contributed by atoms with E-state index in [-0.39, 0.29) is 17.0 Å². The third kappa shape index (κ3) is 4.00. The van der Waals surface area contributed by atoms with E-state index in [0.29, 0.717) is 22.9 Å². The Morgan fingerprint density at radius 2 is 1.80 bits per heavy atom. The summed E-state index contributed by atoms with van der Waals surface area (Å²) in [5.74, 6) is -1.37. The SMILES string of the molecule is CSC(C)CCNC(=O)c1c(C)ccc(C)c1C(=O)O. The number of hydrogen-bond donors (Lipinski definition) is 2. The van der Waals surface area contributed by atoms with Crippen molar-refractivity contribution in [2.24, 2.45) is 0 Å². The van der Waals surface area contributed by atoms with Crippen molar-refractivity contribution >= 4 is 23.6 Å². The number of rotatable bonds is 6. The molecule has 0 heterocycles. The smallest absolute Gasteiger partial charge is 0.336 e. The standard InChI is InChI=1S/C15H21NO3S/c1-9-5-6-10(2)13(15(18)19)12(9)14(17)16-8-7-11(3)20-4/h5-6,11H,7-8H2,1-4H3,(H,16,17)(H,18,19). The van der Waals surface area contributed by atoms with Crippen LogP contribution >= 0.6 is 11.8 Å². The van der Waals surface area contributed by atoms with E-state index in [1.807, 2.05) is 6.26 Å². The second-order valence-electron chi connectivity index (χ2n) is 4.85. The number of aryl methyl sites for hydroxylation is 2. The summed E-state index contributed by atoms with van der Waals surface area (Å²) in [7, 11) is 0. The maximum absolute atomic E-state index is 12.2. The Bertz CT molecular complexity index is 514. The maximum Gasteiger partial charge on any atom is 0.336 e. The van der Waals surface area contributed by atoms with Crippen molar-refractivity contribution in [1.82, 2.24) is 5.32 Å². The third-order valence-electron chi connectivity index (χ3n) is 3.30. The quantitative estimate of drug-likeness (QED) is 0.847. The van der Waals surface area contributed by atoms with Crippen LogP contribution < -0.4 is 5.32 Å². The number of carbonyl (C=O) groups is 2. The van der Waals surface area contributed by atoms with Gasteiger partial charge >= 0.3 is 5.97 Å². The summed E-state index contributed by atoms with van der Waals surface area (Å²) in [4.78, 5) is 23.6. The molecule has 0 aromatic heterocycles. The molecule has 2 N–H and O–H groups in total. The van der Waals surface area contributed by atoms with E-state index in [4.69, 9.17) is 0 Å². The summed E-state index contributed by atoms with van der Waals surface area (Å²) in [5.41, 5.74) is 1.66. The minimum Gasteiger partial charge on any atom is -0.478 e. The number of carboxylic acid groups (broad SMARTS) is 1. The van der Waals surface area contributed by atoms with Crippen molar-refractivity contribution in [3.63, 3.8) is 0 Å². The van der Waals surface area contributed by atoms with Gasteiger partial charge in [0.15, 0.2) is 0 Å². The predicted molar refractivity (Wildman–Crippen MR) is 82.8 cm³/mol. The van der Waals surface area contributed by atoms with E-state index < -0.39 is 5.97 Å². The first kappa shape index (κ1) is 16.6. The zero-order valence-corrected chi connectivity index (χ0v) is 13.1. The summed E-state index contributed by atoms with van der Waals surface area (Å²) in [6.45, 7) is 6.10. The molecular weight excluding hydrogens is 274 g/mol. The van der Waals surface area contributed by atoms with Crippen LogP contribution in [-0.4, -0.2) is 35.0 Å². The van der Waals surface area contributed by atoms with Gasteiger partial charge in [-0.3, -0.25) is 4.79 Å². The second kappa shape index (κ2) is 7.33. The molecule has 0 spiro atoms. The number of benzene rings is 1. The first-order valence-electron chi connectivity index (χ1n) is 6.53. The molecule has 0 aliphatic carbocycles. The fourth-order valence-corrected chi connectivity index (χ4v) is 2.33. The molecule has 1 rings (SSSR count). The topological polar surface area (TPSA) is 66.4 Å². The highest BCUT2D eigenvalue weighted by molar-refractivity contribution is 7.99. The summed E-state index contributed by atoms with van der Waals surface area (Å²) in [6, 6.07) is 3.51. The van der Waals surface area contributed by atoms with Gasteiger partial charge in [0, 0.05) is 11.8 Å². The fraction of sp³-hybridized carbons (Fsp3) is 0.467. The molecule has 1 aromatic rings. The predicted octanol–water partition coefficient (Wildman–Crippen LogP) is 2.87. The number of nitrogens with one attached hydrogen (secondary N) is 1. The number of carboxylic acids is 1. The van der Waals surface area contributed by atoms with Crippen molar-refractivity contribution in [2.75, 3.05) is 12.8 Å². The normalized spacial score (nSPS) is 12.0. The van der Waals surface area contributed by atoms with E-state index in [2.05, 4.69) is 12.2 Å². The van der Waals surface area contributed by atoms with Gasteiger partial charge in [0.25, 0.3) is 5.91 Å². The minimum atomic E-state index is -1.06. The lowest BCUT2D eigenvalue weighted by atomic mass is 9.96. The van der Waals surface area contributed by atoms with Crippen LogP contribution in [0.3, 0.4) is 0 Å². The minimum absolute atomic E-state index is 0.0976. The average molecular weight is 295 g/mol. The summed E-state index contributed by atoms with van der Waals surface area (Å²) >= 11 is 1.74. The van der Waals surface area contributed by atoms with Crippen LogP contribution in [0.2, 0.25) is 0 Å². The highest BCUT2D eigenvalue weighted by atomic mass is 32.2. The zero-order chi connectivity index (χ0) is 15.3. The van der Waals surface area contributed by atoms with Crippen LogP contribution in [0.1, 0.15) is 45.2 Å². The molecule has 0 radical (unpaired) electrons. The van der Waals surface area contributed by atoms with Crippen LogP contribution in [-0.2, 0) is 0 Å². The molecule has 0 saturated heterocycles. The zero-order valence-electron chi connectivity index (χ0n) is 12.3. The van der Waals surface area contributed by atoms with Gasteiger partial charge in [-0.15, -0.1) is 0 Å². The molecule has 110 valence electrons. The fourth-order valence-electron chi connectivity index (χ4n) is 1.97. The molecule has 1 aromatic carbocycles. The Morgan fingerprint density at radius 1 is 1.25 bits per heavy atom. The second-order valence-corrected chi connectivity index (χ2v) is 6.12. The van der Waals surface area contributed by atoms with Crippen LogP contribution in [0, 0.1) is 13.8 Å². The molecule has 5 heteroatoms. The van der Waals surface area contributed by atoms with Crippen molar-refractivity contribution in [3.05, 3.63) is 34.4 Å². The van der Waals surface area contributed by atoms with E-state index in [9.17, 15) is 14.7 Å². The summed E-state index contributed by atoms with van der Waals surface area (Å²) in [5, 5.41) is 12.6. The number of aromatic carboxylic acids is 1. The van der Waals surface area contributed by atoms with Gasteiger partial charge in [0.2, 0.25) is 0 Å². The van der Waals surface area contributed by atoms with Gasteiger partial charge in [-0.2, -0.15) is 11.8 Å². The Hall–Kier alpha value is -1.49. The Labute approximate surface area is 124 Å². The molecule has 0 aliphatic rings. The van der Waals surface area contributed by atoms with Gasteiger partial charge in [-0.05, 0) is 37.7 Å². The number of carbonyl (C=O) groups excluding carboxylic acids is 1. The maximum atomic E-state index is 12.2. The van der Waals surface area contributed by atoms with Gasteiger partial charge in [-0.1, -0.05) is 19.1 Å². The Kier molecular flexibility index (Phi) is 6.07. The van der Waals surface area contributed by atoms with E-state index >= 15 is 0 Å². The highest BCUT2D eigenvalue weighted by Crippen LogP contribution is 2.19. The molecular formula is C15H21NO3S. The van der Waals surface area contributed by atoms with E-state index in [1.165, 1.54) is 0 Å². The molecule has 20 heavy (non-hydrogen) atoms. The lowest BCUT2D eigenvalue weighted by molar-refractivity contribution is 0.0690. The highest BCUT2D eigenvalue weighted by Gasteiger charge is 2.20. The van der Waals surface area contributed by atoms with Crippen LogP contribution in [0.4, 0.5) is 0 Å². The molecule has 4 nitrogen and oxygen atoms in total. The van der Waals surface area contributed by atoms with Gasteiger partial charge < -0.3 is 10.4 Å². The Balaban J connectivity index is 2.92. The number of thioether (sulfide) groups is 1. The third-order valence-corrected chi connectivity index (χ3v) is 4.34. The van der Waals surface area contributed by atoms with Gasteiger partial charge in [0.05, 0.1) is 11.1 Å². The van der Waals surface area contributed by atoms with Crippen molar-refractivity contribution in [3.8, 4) is 0 Å². The lowest BCUT2D eigenvalue weighted by Gasteiger charge is -2.13. The summed E-state index contributed by atoms with van der Waals surface area (Å²) < 4.78 is 0. The summed E-state index contributed by atoms with van der Waals surface area (Å²) in [6.07, 6.45) is 2.89. The Morgan fingerprint density at radius 3 is 2.30 bits per heavy atom. The van der Waals surface area contributed by atoms with Crippen LogP contribution in [0.15, 0.2) is 12.1 Å². The molecule has 0 aliphatic heterocycles. The van der Waals surface area contributed by atoms with Crippen LogP contribution in [0.5, 0.6) is 0 Å². The largest absolute Gasteiger partial charge is 0.478 e. The molecule has 1 atom stereocenters. The molecule has 0 bridgehead atoms. The van der Waals surface area contributed by atoms with E-state index in [1.54, 1.807) is 37.7 Å². The molecule has 1 unspecified atom stereocenters. The number of amides is 1. The first-order chi connectivity index (χ1) is 9.38. The van der Waals surface area contributed by atoms with Crippen molar-refractivity contribution in [2.45, 2.75) is 32.4 Å². The van der Waals surface area contributed by atoms with E-state index in [0.717, 1.165) is 6.42 Å². The lowest BCUT2D eigenvalue weighted by Crippen LogP contribution is -2.28. The van der Waals surface area contributed by atoms with Gasteiger partial charge in [-0.25, -0.2) is 4.79 Å². The average Bonchev–Trinajstić information content (AvgIpc) is 2.40. The first-order valence-corrected chi connectivity index (χ1v) is 7.81. The molecule has 0 saturated carbocycles. The van der Waals surface area contributed by atoms with Gasteiger partial charge in [0.1, 0.15) is 0 Å². The van der Waals surface area contributed by atoms with Crippen molar-refractivity contribution in [1.29, 1.82) is 0 Å². The van der Waals surface area contributed by atoms with Crippen molar-refractivity contribution < 1.29 is 14.7 Å². The van der Waals surface area contributed by atoms with Crippen LogP contribution in [0.25, 0.3) is 0 Å². The monoisotopic (exact) mass is 295 g/mol.